The highest BCUT2D eigenvalue weighted by Gasteiger charge is 2.14. The number of ketones is 1. The van der Waals surface area contributed by atoms with E-state index in [0.717, 1.165) is 17.3 Å². The molecular formula is C17H17BrO2S. The van der Waals surface area contributed by atoms with Crippen molar-refractivity contribution in [3.05, 3.63) is 64.1 Å². The second kappa shape index (κ2) is 7.66. The van der Waals surface area contributed by atoms with Crippen LogP contribution in [-0.4, -0.2) is 15.7 Å². The number of rotatable bonds is 6. The number of Topliss-reactive ketones (excluding diaryl/α,β-unsaturated/α-hetero) is 1. The van der Waals surface area contributed by atoms with Gasteiger partial charge < -0.3 is 0 Å². The SMILES string of the molecule is CCCc1ccc(C(=O)CS(=O)c2ccccc2Br)cc1. The molecule has 0 aromatic heterocycles. The summed E-state index contributed by atoms with van der Waals surface area (Å²) in [6.07, 6.45) is 2.09. The molecule has 1 atom stereocenters. The molecule has 1 unspecified atom stereocenters. The maximum absolute atomic E-state index is 12.3. The number of aryl methyl sites for hydroxylation is 1. The Morgan fingerprint density at radius 3 is 2.38 bits per heavy atom. The average molecular weight is 365 g/mol. The molecule has 4 heteroatoms. The Bertz CT molecular complexity index is 650. The second-order valence-electron chi connectivity index (χ2n) is 4.79. The summed E-state index contributed by atoms with van der Waals surface area (Å²) in [6.45, 7) is 2.12. The fraction of sp³-hybridized carbons (Fsp3) is 0.235. The first-order valence-corrected chi connectivity index (χ1v) is 8.98. The van der Waals surface area contributed by atoms with E-state index in [4.69, 9.17) is 0 Å². The van der Waals surface area contributed by atoms with Gasteiger partial charge in [0.05, 0.1) is 21.4 Å². The minimum atomic E-state index is -1.33. The molecule has 0 saturated heterocycles. The van der Waals surface area contributed by atoms with Crippen molar-refractivity contribution < 1.29 is 9.00 Å². The summed E-state index contributed by atoms with van der Waals surface area (Å²) in [5.41, 5.74) is 1.84. The van der Waals surface area contributed by atoms with Gasteiger partial charge >= 0.3 is 0 Å². The number of hydrogen-bond acceptors (Lipinski definition) is 2. The highest BCUT2D eigenvalue weighted by Crippen LogP contribution is 2.20. The molecule has 0 aliphatic rings. The van der Waals surface area contributed by atoms with Gasteiger partial charge in [-0.1, -0.05) is 49.7 Å². The monoisotopic (exact) mass is 364 g/mol. The van der Waals surface area contributed by atoms with Gasteiger partial charge in [-0.3, -0.25) is 9.00 Å². The van der Waals surface area contributed by atoms with Gasteiger partial charge in [0.25, 0.3) is 0 Å². The fourth-order valence-corrected chi connectivity index (χ4v) is 3.96. The van der Waals surface area contributed by atoms with Gasteiger partial charge in [0.15, 0.2) is 5.78 Å². The minimum Gasteiger partial charge on any atom is -0.293 e. The number of halogens is 1. The molecule has 0 radical (unpaired) electrons. The van der Waals surface area contributed by atoms with Gasteiger partial charge in [0.1, 0.15) is 0 Å². The lowest BCUT2D eigenvalue weighted by Gasteiger charge is -2.05. The zero-order valence-corrected chi connectivity index (χ0v) is 14.2. The first-order chi connectivity index (χ1) is 10.1. The van der Waals surface area contributed by atoms with E-state index < -0.39 is 10.8 Å². The predicted molar refractivity (Wildman–Crippen MR) is 90.2 cm³/mol. The lowest BCUT2D eigenvalue weighted by atomic mass is 10.1. The van der Waals surface area contributed by atoms with Crippen LogP contribution in [-0.2, 0) is 17.2 Å². The van der Waals surface area contributed by atoms with Crippen LogP contribution >= 0.6 is 15.9 Å². The van der Waals surface area contributed by atoms with Crippen molar-refractivity contribution in [3.63, 3.8) is 0 Å². The molecule has 0 aliphatic heterocycles. The molecule has 2 rings (SSSR count). The summed E-state index contributed by atoms with van der Waals surface area (Å²) in [6, 6.07) is 14.9. The molecule has 0 amide bonds. The summed E-state index contributed by atoms with van der Waals surface area (Å²) < 4.78 is 13.1. The Labute approximate surface area is 136 Å². The molecule has 0 spiro atoms. The molecule has 0 N–H and O–H groups in total. The molecule has 2 aromatic carbocycles. The maximum Gasteiger partial charge on any atom is 0.175 e. The third kappa shape index (κ3) is 4.35. The Hall–Kier alpha value is -1.26. The van der Waals surface area contributed by atoms with E-state index in [9.17, 15) is 9.00 Å². The second-order valence-corrected chi connectivity index (χ2v) is 7.06. The van der Waals surface area contributed by atoms with Crippen molar-refractivity contribution in [2.45, 2.75) is 24.7 Å². The largest absolute Gasteiger partial charge is 0.293 e. The van der Waals surface area contributed by atoms with Crippen molar-refractivity contribution in [3.8, 4) is 0 Å². The zero-order valence-electron chi connectivity index (χ0n) is 11.8. The summed E-state index contributed by atoms with van der Waals surface area (Å²) in [7, 11) is -1.33. The Morgan fingerprint density at radius 2 is 1.76 bits per heavy atom. The Kier molecular flexibility index (Phi) is 5.88. The van der Waals surface area contributed by atoms with Crippen molar-refractivity contribution in [1.29, 1.82) is 0 Å². The molecule has 0 bridgehead atoms. The molecule has 2 aromatic rings. The van der Waals surface area contributed by atoms with Crippen LogP contribution in [0.1, 0.15) is 29.3 Å². The van der Waals surface area contributed by atoms with Gasteiger partial charge in [0, 0.05) is 10.0 Å². The van der Waals surface area contributed by atoms with E-state index in [1.54, 1.807) is 6.07 Å². The lowest BCUT2D eigenvalue weighted by Crippen LogP contribution is -2.11. The smallest absolute Gasteiger partial charge is 0.175 e. The van der Waals surface area contributed by atoms with Crippen LogP contribution in [0.15, 0.2) is 57.9 Å². The molecule has 2 nitrogen and oxygen atoms in total. The normalized spacial score (nSPS) is 12.1. The lowest BCUT2D eigenvalue weighted by molar-refractivity contribution is 0.102. The van der Waals surface area contributed by atoms with Crippen LogP contribution < -0.4 is 0 Å². The molecule has 0 aliphatic carbocycles. The molecule has 21 heavy (non-hydrogen) atoms. The van der Waals surface area contributed by atoms with Crippen LogP contribution in [0.4, 0.5) is 0 Å². The average Bonchev–Trinajstić information content (AvgIpc) is 2.48. The van der Waals surface area contributed by atoms with Crippen molar-refractivity contribution in [2.75, 3.05) is 5.75 Å². The van der Waals surface area contributed by atoms with Gasteiger partial charge in [-0.2, -0.15) is 0 Å². The summed E-state index contributed by atoms with van der Waals surface area (Å²) >= 11 is 3.37. The number of carbonyl (C=O) groups is 1. The van der Waals surface area contributed by atoms with E-state index in [1.165, 1.54) is 5.56 Å². The summed E-state index contributed by atoms with van der Waals surface area (Å²) in [4.78, 5) is 12.9. The first-order valence-electron chi connectivity index (χ1n) is 6.87. The van der Waals surface area contributed by atoms with Gasteiger partial charge in [-0.25, -0.2) is 0 Å². The van der Waals surface area contributed by atoms with Crippen LogP contribution in [0.3, 0.4) is 0 Å². The van der Waals surface area contributed by atoms with Gasteiger partial charge in [-0.05, 0) is 40.0 Å². The maximum atomic E-state index is 12.3. The molecule has 0 heterocycles. The topological polar surface area (TPSA) is 34.1 Å². The van der Waals surface area contributed by atoms with Crippen molar-refractivity contribution in [2.24, 2.45) is 0 Å². The standard InChI is InChI=1S/C17H17BrO2S/c1-2-5-13-8-10-14(11-9-13)16(19)12-21(20)17-7-4-3-6-15(17)18/h3-4,6-11H,2,5,12H2,1H3. The van der Waals surface area contributed by atoms with Gasteiger partial charge in [-0.15, -0.1) is 0 Å². The Morgan fingerprint density at radius 1 is 1.10 bits per heavy atom. The molecular weight excluding hydrogens is 348 g/mol. The van der Waals surface area contributed by atoms with E-state index >= 15 is 0 Å². The fourth-order valence-electron chi connectivity index (χ4n) is 2.06. The molecule has 0 fully saturated rings. The van der Waals surface area contributed by atoms with Crippen molar-refractivity contribution in [1.82, 2.24) is 0 Å². The molecule has 0 saturated carbocycles. The van der Waals surface area contributed by atoms with Crippen LogP contribution in [0.2, 0.25) is 0 Å². The van der Waals surface area contributed by atoms with Crippen LogP contribution in [0, 0.1) is 0 Å². The van der Waals surface area contributed by atoms with E-state index in [-0.39, 0.29) is 11.5 Å². The van der Waals surface area contributed by atoms with E-state index in [0.29, 0.717) is 10.5 Å². The Balaban J connectivity index is 2.07. The summed E-state index contributed by atoms with van der Waals surface area (Å²) in [5.74, 6) is -0.0810. The number of carbonyl (C=O) groups excluding carboxylic acids is 1. The van der Waals surface area contributed by atoms with Gasteiger partial charge in [0.2, 0.25) is 0 Å². The molecule has 110 valence electrons. The summed E-state index contributed by atoms with van der Waals surface area (Å²) in [5, 5.41) is 0. The van der Waals surface area contributed by atoms with Crippen LogP contribution in [0.25, 0.3) is 0 Å². The van der Waals surface area contributed by atoms with Crippen molar-refractivity contribution >= 4 is 32.5 Å². The quantitative estimate of drug-likeness (QED) is 0.712. The third-order valence-corrected chi connectivity index (χ3v) is 5.48. The first kappa shape index (κ1) is 16.1. The number of hydrogen-bond donors (Lipinski definition) is 0. The predicted octanol–water partition coefficient (Wildman–Crippen LogP) is 4.39. The van der Waals surface area contributed by atoms with E-state index in [1.807, 2.05) is 42.5 Å². The zero-order chi connectivity index (χ0) is 15.2. The van der Waals surface area contributed by atoms with Crippen LogP contribution in [0.5, 0.6) is 0 Å². The minimum absolute atomic E-state index is 0.00966. The highest BCUT2D eigenvalue weighted by atomic mass is 79.9. The number of benzene rings is 2. The van der Waals surface area contributed by atoms with E-state index in [2.05, 4.69) is 22.9 Å². The highest BCUT2D eigenvalue weighted by molar-refractivity contribution is 9.10. The third-order valence-electron chi connectivity index (χ3n) is 3.16.